The Morgan fingerprint density at radius 2 is 2.09 bits per heavy atom. The van der Waals surface area contributed by atoms with Crippen molar-refractivity contribution < 1.29 is 9.53 Å². The number of nitrogens with zero attached hydrogens (tertiary/aromatic N) is 4. The Balaban J connectivity index is 1.75. The summed E-state index contributed by atoms with van der Waals surface area (Å²) in [6, 6.07) is 0. The number of halogens is 1. The number of nitrogens with one attached hydrogen (secondary N) is 1. The summed E-state index contributed by atoms with van der Waals surface area (Å²) in [5, 5.41) is 3.09. The fraction of sp³-hybridized carbons (Fsp3) is 0.571. The van der Waals surface area contributed by atoms with Crippen molar-refractivity contribution in [3.05, 3.63) is 17.8 Å². The molecule has 8 heteroatoms. The van der Waals surface area contributed by atoms with Gasteiger partial charge in [0.05, 0.1) is 6.33 Å². The lowest BCUT2D eigenvalue weighted by Crippen LogP contribution is -2.33. The van der Waals surface area contributed by atoms with Gasteiger partial charge in [-0.1, -0.05) is 11.6 Å². The summed E-state index contributed by atoms with van der Waals surface area (Å²) in [6.45, 7) is 6.83. The highest BCUT2D eigenvalue weighted by atomic mass is 35.5. The zero-order valence-corrected chi connectivity index (χ0v) is 13.7. The summed E-state index contributed by atoms with van der Waals surface area (Å²) >= 11 is 5.95. The molecule has 0 aliphatic heterocycles. The highest BCUT2D eigenvalue weighted by Crippen LogP contribution is 2.17. The maximum atomic E-state index is 11.5. The number of aryl methyl sites for hydroxylation is 1. The Labute approximate surface area is 134 Å². The van der Waals surface area contributed by atoms with Crippen molar-refractivity contribution in [1.29, 1.82) is 0 Å². The third-order valence-corrected chi connectivity index (χ3v) is 3.13. The molecule has 0 saturated carbocycles. The summed E-state index contributed by atoms with van der Waals surface area (Å²) in [5.74, 6) is 0. The van der Waals surface area contributed by atoms with Crippen LogP contribution in [0.4, 0.5) is 4.79 Å². The zero-order chi connectivity index (χ0) is 16.2. The van der Waals surface area contributed by atoms with Gasteiger partial charge >= 0.3 is 6.09 Å². The second kappa shape index (κ2) is 6.91. The lowest BCUT2D eigenvalue weighted by Gasteiger charge is -2.19. The summed E-state index contributed by atoms with van der Waals surface area (Å²) < 4.78 is 7.09. The molecule has 2 rings (SSSR count). The number of carbonyl (C=O) groups excluding carboxylic acids is 1. The van der Waals surface area contributed by atoms with E-state index in [1.807, 2.05) is 25.3 Å². The van der Waals surface area contributed by atoms with Gasteiger partial charge in [0.2, 0.25) is 0 Å². The first-order chi connectivity index (χ1) is 10.4. The lowest BCUT2D eigenvalue weighted by molar-refractivity contribution is 0.0527. The van der Waals surface area contributed by atoms with E-state index < -0.39 is 5.60 Å². The van der Waals surface area contributed by atoms with Crippen LogP contribution in [0, 0.1) is 0 Å². The first-order valence-corrected chi connectivity index (χ1v) is 7.53. The fourth-order valence-electron chi connectivity index (χ4n) is 1.93. The van der Waals surface area contributed by atoms with Crippen LogP contribution in [0.1, 0.15) is 33.6 Å². The zero-order valence-electron chi connectivity index (χ0n) is 13.0. The smallest absolute Gasteiger partial charge is 0.407 e. The van der Waals surface area contributed by atoms with Crippen molar-refractivity contribution in [3.8, 4) is 0 Å². The second-order valence-electron chi connectivity index (χ2n) is 5.91. The molecular weight excluding hydrogens is 306 g/mol. The van der Waals surface area contributed by atoms with E-state index in [1.165, 1.54) is 6.33 Å². The first-order valence-electron chi connectivity index (χ1n) is 7.15. The van der Waals surface area contributed by atoms with Crippen LogP contribution >= 0.6 is 11.6 Å². The highest BCUT2D eigenvalue weighted by molar-refractivity contribution is 6.33. The average molecular weight is 326 g/mol. The van der Waals surface area contributed by atoms with Crippen LogP contribution in [0.3, 0.4) is 0 Å². The molecule has 0 aliphatic carbocycles. The number of hydrogen-bond donors (Lipinski definition) is 1. The van der Waals surface area contributed by atoms with Crippen molar-refractivity contribution in [3.63, 3.8) is 0 Å². The maximum Gasteiger partial charge on any atom is 0.407 e. The Hall–Kier alpha value is -1.89. The normalized spacial score (nSPS) is 11.6. The van der Waals surface area contributed by atoms with Crippen LogP contribution in [-0.4, -0.2) is 37.8 Å². The molecule has 2 aromatic rings. The predicted octanol–water partition coefficient (Wildman–Crippen LogP) is 2.78. The molecule has 7 nitrogen and oxygen atoms in total. The molecule has 1 N–H and O–H groups in total. The van der Waals surface area contributed by atoms with E-state index in [2.05, 4.69) is 20.3 Å². The Kier molecular flexibility index (Phi) is 5.18. The van der Waals surface area contributed by atoms with Gasteiger partial charge in [0, 0.05) is 13.1 Å². The molecule has 0 fully saturated rings. The number of alkyl carbamates (subject to hydrolysis) is 1. The Morgan fingerprint density at radius 3 is 2.82 bits per heavy atom. The second-order valence-corrected chi connectivity index (χ2v) is 6.27. The molecule has 120 valence electrons. The van der Waals surface area contributed by atoms with E-state index in [1.54, 1.807) is 6.33 Å². The predicted molar refractivity (Wildman–Crippen MR) is 83.8 cm³/mol. The SMILES string of the molecule is CC(C)(C)OC(=O)NCCCCn1cnc2c(Cl)ncnc21. The standard InChI is InChI=1S/C14H20ClN5O2/c1-14(2,3)22-13(21)16-6-4-5-7-20-9-19-10-11(15)17-8-18-12(10)20/h8-9H,4-7H2,1-3H3,(H,16,21). The number of rotatable bonds is 5. The van der Waals surface area contributed by atoms with E-state index in [0.29, 0.717) is 17.2 Å². The monoisotopic (exact) mass is 325 g/mol. The van der Waals surface area contributed by atoms with Crippen molar-refractivity contribution in [2.24, 2.45) is 0 Å². The number of amides is 1. The van der Waals surface area contributed by atoms with E-state index in [-0.39, 0.29) is 6.09 Å². The Morgan fingerprint density at radius 1 is 1.32 bits per heavy atom. The van der Waals surface area contributed by atoms with Gasteiger partial charge in [-0.2, -0.15) is 0 Å². The average Bonchev–Trinajstić information content (AvgIpc) is 2.81. The Bertz CT molecular complexity index is 650. The van der Waals surface area contributed by atoms with Crippen LogP contribution in [-0.2, 0) is 11.3 Å². The molecule has 0 saturated heterocycles. The van der Waals surface area contributed by atoms with Gasteiger partial charge in [-0.3, -0.25) is 0 Å². The van der Waals surface area contributed by atoms with Crippen molar-refractivity contribution >= 4 is 28.9 Å². The molecule has 2 aromatic heterocycles. The molecule has 22 heavy (non-hydrogen) atoms. The topological polar surface area (TPSA) is 81.9 Å². The van der Waals surface area contributed by atoms with Crippen molar-refractivity contribution in [2.75, 3.05) is 6.54 Å². The van der Waals surface area contributed by atoms with Gasteiger partial charge in [0.25, 0.3) is 0 Å². The molecular formula is C14H20ClN5O2. The van der Waals surface area contributed by atoms with Crippen LogP contribution in [0.15, 0.2) is 12.7 Å². The van der Waals surface area contributed by atoms with Crippen LogP contribution in [0.5, 0.6) is 0 Å². The number of hydrogen-bond acceptors (Lipinski definition) is 5. The maximum absolute atomic E-state index is 11.5. The largest absolute Gasteiger partial charge is 0.444 e. The fourth-order valence-corrected chi connectivity index (χ4v) is 2.10. The van der Waals surface area contributed by atoms with Crippen LogP contribution in [0.25, 0.3) is 11.2 Å². The highest BCUT2D eigenvalue weighted by Gasteiger charge is 2.15. The van der Waals surface area contributed by atoms with Crippen LogP contribution < -0.4 is 5.32 Å². The summed E-state index contributed by atoms with van der Waals surface area (Å²) in [6.07, 6.45) is 4.44. The molecule has 0 spiro atoms. The molecule has 2 heterocycles. The lowest BCUT2D eigenvalue weighted by atomic mass is 10.2. The number of fused-ring (bicyclic) bond motifs is 1. The third-order valence-electron chi connectivity index (χ3n) is 2.85. The minimum atomic E-state index is -0.473. The molecule has 0 unspecified atom stereocenters. The minimum absolute atomic E-state index is 0.357. The van der Waals surface area contributed by atoms with Crippen molar-refractivity contribution in [1.82, 2.24) is 24.8 Å². The molecule has 0 atom stereocenters. The number of imidazole rings is 1. The van der Waals surface area contributed by atoms with Gasteiger partial charge in [0.1, 0.15) is 17.4 Å². The number of unbranched alkanes of at least 4 members (excludes halogenated alkanes) is 1. The van der Waals surface area contributed by atoms with Gasteiger partial charge in [0.15, 0.2) is 10.8 Å². The molecule has 0 aromatic carbocycles. The van der Waals surface area contributed by atoms with E-state index in [0.717, 1.165) is 25.0 Å². The third kappa shape index (κ3) is 4.56. The number of aromatic nitrogens is 4. The van der Waals surface area contributed by atoms with Gasteiger partial charge < -0.3 is 14.6 Å². The summed E-state index contributed by atoms with van der Waals surface area (Å²) in [5.41, 5.74) is 0.856. The number of carbonyl (C=O) groups is 1. The van der Waals surface area contributed by atoms with E-state index >= 15 is 0 Å². The summed E-state index contributed by atoms with van der Waals surface area (Å²) in [7, 11) is 0. The molecule has 0 aliphatic rings. The van der Waals surface area contributed by atoms with Crippen LogP contribution in [0.2, 0.25) is 5.15 Å². The molecule has 1 amide bonds. The van der Waals surface area contributed by atoms with Gasteiger partial charge in [-0.15, -0.1) is 0 Å². The number of ether oxygens (including phenoxy) is 1. The minimum Gasteiger partial charge on any atom is -0.444 e. The van der Waals surface area contributed by atoms with Crippen molar-refractivity contribution in [2.45, 2.75) is 45.8 Å². The van der Waals surface area contributed by atoms with Gasteiger partial charge in [-0.25, -0.2) is 19.7 Å². The van der Waals surface area contributed by atoms with E-state index in [4.69, 9.17) is 16.3 Å². The summed E-state index contributed by atoms with van der Waals surface area (Å²) in [4.78, 5) is 23.8. The quantitative estimate of drug-likeness (QED) is 0.675. The molecule has 0 bridgehead atoms. The van der Waals surface area contributed by atoms with Gasteiger partial charge in [-0.05, 0) is 33.6 Å². The molecule has 0 radical (unpaired) electrons. The van der Waals surface area contributed by atoms with E-state index in [9.17, 15) is 4.79 Å². The first kappa shape index (κ1) is 16.5.